The summed E-state index contributed by atoms with van der Waals surface area (Å²) in [5.74, 6) is 2.42. The summed E-state index contributed by atoms with van der Waals surface area (Å²) >= 11 is 1.71. The van der Waals surface area contributed by atoms with Gasteiger partial charge in [-0.1, -0.05) is 0 Å². The molecule has 1 fully saturated rings. The van der Waals surface area contributed by atoms with Crippen molar-refractivity contribution < 1.29 is 18.3 Å². The predicted octanol–water partition coefficient (Wildman–Crippen LogP) is 2.81. The summed E-state index contributed by atoms with van der Waals surface area (Å²) in [4.78, 5) is 4.11. The Balaban J connectivity index is 1.68. The summed E-state index contributed by atoms with van der Waals surface area (Å²) in [6.45, 7) is 2.79. The molecule has 3 heterocycles. The SMILES string of the molecule is C[C@]1(CO)Cc2nnc(C3(c4ccc(C(F)(F)F)cn4)CC3)n2CCS1. The molecule has 0 saturated heterocycles. The quantitative estimate of drug-likeness (QED) is 0.882. The van der Waals surface area contributed by atoms with Crippen molar-refractivity contribution in [3.8, 4) is 0 Å². The fourth-order valence-corrected chi connectivity index (χ4v) is 4.58. The lowest BCUT2D eigenvalue weighted by atomic mass is 9.99. The largest absolute Gasteiger partial charge is 0.417 e. The molecular formula is C17H19F3N4OS. The van der Waals surface area contributed by atoms with Crippen molar-refractivity contribution in [2.45, 2.75) is 49.1 Å². The Morgan fingerprint density at radius 2 is 2.04 bits per heavy atom. The molecule has 1 saturated carbocycles. The number of hydrogen-bond acceptors (Lipinski definition) is 5. The van der Waals surface area contributed by atoms with Gasteiger partial charge in [-0.05, 0) is 31.9 Å². The minimum absolute atomic E-state index is 0.0610. The zero-order valence-electron chi connectivity index (χ0n) is 14.3. The van der Waals surface area contributed by atoms with E-state index >= 15 is 0 Å². The second kappa shape index (κ2) is 5.95. The van der Waals surface area contributed by atoms with Crippen LogP contribution in [0.5, 0.6) is 0 Å². The number of rotatable bonds is 3. The standard InChI is InChI=1S/C17H19F3N4OS/c1-15(10-25)8-13-22-23-14(24(13)6-7-26-15)16(4-5-16)12-3-2-11(9-21-12)17(18,19)20/h2-3,9,25H,4-8,10H2,1H3/t15-/m1/s1. The highest BCUT2D eigenvalue weighted by molar-refractivity contribution is 8.00. The van der Waals surface area contributed by atoms with Crippen molar-refractivity contribution in [2.75, 3.05) is 12.4 Å². The second-order valence-corrected chi connectivity index (χ2v) is 8.92. The first-order valence-electron chi connectivity index (χ1n) is 8.49. The third kappa shape index (κ3) is 2.90. The highest BCUT2D eigenvalue weighted by atomic mass is 32.2. The van der Waals surface area contributed by atoms with Crippen LogP contribution in [0.1, 0.15) is 42.7 Å². The van der Waals surface area contributed by atoms with Gasteiger partial charge in [0.2, 0.25) is 0 Å². The van der Waals surface area contributed by atoms with E-state index in [0.29, 0.717) is 12.1 Å². The van der Waals surface area contributed by atoms with Crippen molar-refractivity contribution in [2.24, 2.45) is 0 Å². The van der Waals surface area contributed by atoms with E-state index in [1.165, 1.54) is 6.07 Å². The molecule has 5 nitrogen and oxygen atoms in total. The maximum Gasteiger partial charge on any atom is 0.417 e. The molecule has 26 heavy (non-hydrogen) atoms. The molecule has 140 valence electrons. The first-order valence-corrected chi connectivity index (χ1v) is 9.47. The fourth-order valence-electron chi connectivity index (χ4n) is 3.49. The van der Waals surface area contributed by atoms with Gasteiger partial charge >= 0.3 is 6.18 Å². The molecule has 1 N–H and O–H groups in total. The first-order chi connectivity index (χ1) is 12.3. The normalized spacial score (nSPS) is 24.8. The molecule has 1 aliphatic carbocycles. The lowest BCUT2D eigenvalue weighted by Gasteiger charge is -2.23. The maximum absolute atomic E-state index is 12.8. The van der Waals surface area contributed by atoms with E-state index in [0.717, 1.165) is 49.1 Å². The predicted molar refractivity (Wildman–Crippen MR) is 90.9 cm³/mol. The Kier molecular flexibility index (Phi) is 4.07. The summed E-state index contributed by atoms with van der Waals surface area (Å²) in [5, 5.41) is 18.4. The number of alkyl halides is 3. The highest BCUT2D eigenvalue weighted by Gasteiger charge is 2.52. The van der Waals surface area contributed by atoms with Crippen LogP contribution in [-0.4, -0.2) is 42.0 Å². The Hall–Kier alpha value is -1.61. The van der Waals surface area contributed by atoms with Crippen molar-refractivity contribution in [1.29, 1.82) is 0 Å². The zero-order chi connectivity index (χ0) is 18.6. The second-order valence-electron chi connectivity index (χ2n) is 7.24. The molecule has 1 atom stereocenters. The number of thioether (sulfide) groups is 1. The van der Waals surface area contributed by atoms with Crippen LogP contribution in [0.15, 0.2) is 18.3 Å². The number of pyridine rings is 1. The molecule has 0 radical (unpaired) electrons. The van der Waals surface area contributed by atoms with Gasteiger partial charge in [0.15, 0.2) is 0 Å². The average molecular weight is 384 g/mol. The number of nitrogens with zero attached hydrogens (tertiary/aromatic N) is 4. The Morgan fingerprint density at radius 1 is 1.27 bits per heavy atom. The van der Waals surface area contributed by atoms with E-state index in [2.05, 4.69) is 19.7 Å². The van der Waals surface area contributed by atoms with Gasteiger partial charge in [0, 0.05) is 29.7 Å². The van der Waals surface area contributed by atoms with Crippen LogP contribution >= 0.6 is 11.8 Å². The minimum Gasteiger partial charge on any atom is -0.395 e. The fraction of sp³-hybridized carbons (Fsp3) is 0.588. The number of halogens is 3. The van der Waals surface area contributed by atoms with Crippen molar-refractivity contribution in [3.05, 3.63) is 41.2 Å². The van der Waals surface area contributed by atoms with Gasteiger partial charge in [0.05, 0.1) is 23.3 Å². The summed E-state index contributed by atoms with van der Waals surface area (Å²) in [5.41, 5.74) is -0.574. The van der Waals surface area contributed by atoms with Crippen molar-refractivity contribution in [3.63, 3.8) is 0 Å². The molecule has 0 spiro atoms. The van der Waals surface area contributed by atoms with E-state index in [1.54, 1.807) is 11.8 Å². The summed E-state index contributed by atoms with van der Waals surface area (Å²) in [6.07, 6.45) is -1.28. The van der Waals surface area contributed by atoms with Crippen LogP contribution in [-0.2, 0) is 24.6 Å². The third-order valence-corrected chi connectivity index (χ3v) is 6.58. The number of hydrogen-bond donors (Lipinski definition) is 1. The third-order valence-electron chi connectivity index (χ3n) is 5.22. The number of aliphatic hydroxyl groups is 1. The number of aromatic nitrogens is 4. The van der Waals surface area contributed by atoms with Crippen LogP contribution in [0.4, 0.5) is 13.2 Å². The molecule has 4 rings (SSSR count). The lowest BCUT2D eigenvalue weighted by Crippen LogP contribution is -2.28. The van der Waals surface area contributed by atoms with Gasteiger partial charge in [-0.2, -0.15) is 24.9 Å². The molecule has 2 aromatic heterocycles. The Bertz CT molecular complexity index is 816. The summed E-state index contributed by atoms with van der Waals surface area (Å²) in [7, 11) is 0. The minimum atomic E-state index is -4.39. The van der Waals surface area contributed by atoms with Crippen LogP contribution in [0.25, 0.3) is 0 Å². The van der Waals surface area contributed by atoms with Gasteiger partial charge in [-0.25, -0.2) is 0 Å². The lowest BCUT2D eigenvalue weighted by molar-refractivity contribution is -0.137. The van der Waals surface area contributed by atoms with Gasteiger partial charge in [0.25, 0.3) is 0 Å². The van der Waals surface area contributed by atoms with Gasteiger partial charge in [-0.15, -0.1) is 10.2 Å². The van der Waals surface area contributed by atoms with Crippen molar-refractivity contribution >= 4 is 11.8 Å². The molecule has 1 aliphatic heterocycles. The number of aliphatic hydroxyl groups excluding tert-OH is 1. The first kappa shape index (κ1) is 17.8. The molecule has 9 heteroatoms. The van der Waals surface area contributed by atoms with Gasteiger partial charge < -0.3 is 9.67 Å². The van der Waals surface area contributed by atoms with E-state index in [9.17, 15) is 18.3 Å². The molecule has 0 unspecified atom stereocenters. The molecule has 2 aromatic rings. The maximum atomic E-state index is 12.8. The Morgan fingerprint density at radius 3 is 2.62 bits per heavy atom. The summed E-state index contributed by atoms with van der Waals surface area (Å²) in [6, 6.07) is 2.54. The summed E-state index contributed by atoms with van der Waals surface area (Å²) < 4.78 is 40.2. The van der Waals surface area contributed by atoms with Crippen LogP contribution in [0.2, 0.25) is 0 Å². The molecule has 0 amide bonds. The molecule has 2 aliphatic rings. The van der Waals surface area contributed by atoms with Crippen LogP contribution in [0, 0.1) is 0 Å². The molecule has 0 bridgehead atoms. The van der Waals surface area contributed by atoms with Gasteiger partial charge in [-0.3, -0.25) is 4.98 Å². The van der Waals surface area contributed by atoms with E-state index in [-0.39, 0.29) is 11.4 Å². The number of fused-ring (bicyclic) bond motifs is 1. The molecular weight excluding hydrogens is 365 g/mol. The van der Waals surface area contributed by atoms with E-state index in [1.807, 2.05) is 6.92 Å². The average Bonchev–Trinajstić information content (AvgIpc) is 3.35. The van der Waals surface area contributed by atoms with Crippen LogP contribution < -0.4 is 0 Å². The monoisotopic (exact) mass is 384 g/mol. The zero-order valence-corrected chi connectivity index (χ0v) is 15.1. The van der Waals surface area contributed by atoms with Crippen molar-refractivity contribution in [1.82, 2.24) is 19.7 Å². The van der Waals surface area contributed by atoms with E-state index < -0.39 is 17.2 Å². The Labute approximate surface area is 153 Å². The van der Waals surface area contributed by atoms with Crippen LogP contribution in [0.3, 0.4) is 0 Å². The highest BCUT2D eigenvalue weighted by Crippen LogP contribution is 2.52. The van der Waals surface area contributed by atoms with E-state index in [4.69, 9.17) is 0 Å². The molecule has 0 aromatic carbocycles. The topological polar surface area (TPSA) is 63.8 Å². The smallest absolute Gasteiger partial charge is 0.395 e. The van der Waals surface area contributed by atoms with Gasteiger partial charge in [0.1, 0.15) is 11.6 Å².